The molecule has 12 radical (unpaired) electrons. The van der Waals surface area contributed by atoms with Gasteiger partial charge in [-0.15, -0.1) is 0 Å². The fraction of sp³-hybridized carbons (Fsp3) is 0. The summed E-state index contributed by atoms with van der Waals surface area (Å²) in [6.07, 6.45) is 0.648. The van der Waals surface area contributed by atoms with E-state index in [-0.39, 0.29) is 39.0 Å². The topological polar surface area (TPSA) is 120 Å². The van der Waals surface area contributed by atoms with Gasteiger partial charge in [-0.2, -0.15) is 0 Å². The van der Waals surface area contributed by atoms with Gasteiger partial charge in [0.05, 0.1) is 23.7 Å². The van der Waals surface area contributed by atoms with Gasteiger partial charge >= 0.3 is 84.2 Å². The van der Waals surface area contributed by atoms with Crippen LogP contribution in [0.15, 0.2) is 243 Å². The minimum Gasteiger partial charge on any atom is 1.00 e. The quantitative estimate of drug-likeness (QED) is 0.0895. The van der Waals surface area contributed by atoms with Crippen molar-refractivity contribution in [3.63, 3.8) is 0 Å². The van der Waals surface area contributed by atoms with E-state index in [0.29, 0.717) is 12.2 Å². The van der Waals surface area contributed by atoms with Crippen molar-refractivity contribution in [3.05, 3.63) is 373 Å². The zero-order chi connectivity index (χ0) is 48.7. The average Bonchev–Trinajstić information content (AvgIpc) is 3.93. The van der Waals surface area contributed by atoms with Crippen LogP contribution >= 0.6 is 0 Å². The Kier molecular flexibility index (Phi) is 25.9. The fourth-order valence-electron chi connectivity index (χ4n) is 8.34. The number of benzene rings is 8. The van der Waals surface area contributed by atoms with E-state index in [1.54, 1.807) is 0 Å². The third-order valence-corrected chi connectivity index (χ3v) is 10.9. The maximum Gasteiger partial charge on any atom is 1.00 e. The summed E-state index contributed by atoms with van der Waals surface area (Å²) in [6.45, 7) is 18.0. The molecule has 70 heavy (non-hydrogen) atoms. The monoisotopic (exact) mass is 1090 g/mol. The SMILES string of the molecule is O[C]1[C](c2ccccc2)[C](c2ccccc2)[C](c2ccccc2)[C]1c1ccccc1.O[C]1[C](c2ccccc2)[C](c2ccccc2)[C](c2ccccc2)[C]1c1ccccc1.[C-]#[O+].[C-]#[O+].[C-]#[O+].[C-]#[O+].[Ru+].[Ru+]. The van der Waals surface area contributed by atoms with Crippen molar-refractivity contribution in [1.29, 1.82) is 0 Å². The van der Waals surface area contributed by atoms with Gasteiger partial charge in [0, 0.05) is 23.7 Å². The summed E-state index contributed by atoms with van der Waals surface area (Å²) in [5.41, 5.74) is 8.39. The molecule has 0 amide bonds. The van der Waals surface area contributed by atoms with Crippen molar-refractivity contribution >= 4 is 0 Å². The van der Waals surface area contributed by atoms with Crippen LogP contribution in [-0.2, 0) is 57.6 Å². The molecule has 10 rings (SSSR count). The van der Waals surface area contributed by atoms with E-state index in [0.717, 1.165) is 91.9 Å². The second kappa shape index (κ2) is 31.2. The van der Waals surface area contributed by atoms with Crippen LogP contribution in [0.25, 0.3) is 0 Å². The molecule has 8 heteroatoms. The summed E-state index contributed by atoms with van der Waals surface area (Å²) in [5.74, 6) is 7.74. The van der Waals surface area contributed by atoms with Gasteiger partial charge in [0.2, 0.25) is 0 Å². The molecule has 0 saturated heterocycles. The van der Waals surface area contributed by atoms with Crippen LogP contribution in [0.2, 0.25) is 0 Å². The molecule has 2 aliphatic carbocycles. The van der Waals surface area contributed by atoms with Gasteiger partial charge in [-0.3, -0.25) is 0 Å². The molecular weight excluding hydrogens is 1040 g/mol. The molecule has 0 bridgehead atoms. The van der Waals surface area contributed by atoms with Crippen molar-refractivity contribution in [2.24, 2.45) is 0 Å². The normalized spacial score (nSPS) is 14.5. The van der Waals surface area contributed by atoms with E-state index in [2.05, 4.69) is 124 Å². The first-order valence-electron chi connectivity index (χ1n) is 21.0. The van der Waals surface area contributed by atoms with Gasteiger partial charge in [0.25, 0.3) is 0 Å². The summed E-state index contributed by atoms with van der Waals surface area (Å²) in [4.78, 5) is 0. The maximum absolute atomic E-state index is 11.6. The van der Waals surface area contributed by atoms with Crippen molar-refractivity contribution in [3.8, 4) is 0 Å². The van der Waals surface area contributed by atoms with Gasteiger partial charge in [0.1, 0.15) is 12.2 Å². The molecule has 2 fully saturated rings. The van der Waals surface area contributed by atoms with E-state index in [1.165, 1.54) is 0 Å². The predicted octanol–water partition coefficient (Wildman–Crippen LogP) is 12.6. The van der Waals surface area contributed by atoms with Crippen molar-refractivity contribution in [2.75, 3.05) is 0 Å². The maximum atomic E-state index is 11.6. The van der Waals surface area contributed by atoms with Crippen LogP contribution < -0.4 is 0 Å². The molecule has 340 valence electrons. The Hall–Kier alpha value is -6.11. The minimum atomic E-state index is 0. The zero-order valence-corrected chi connectivity index (χ0v) is 40.8. The molecule has 2 saturated carbocycles. The standard InChI is InChI=1S/2C29H21O.4CO.2Ru/c2*30-29-27(23-17-9-3-10-18-23)25(21-13-5-1-6-14-21)26(22-15-7-2-8-16-22)28(29)24-19-11-4-12-20-24;4*1-2;;/h2*1-20,30H;;;;;;/q;;;;;;2*+1. The van der Waals surface area contributed by atoms with Gasteiger partial charge in [-0.25, -0.2) is 0 Å². The molecule has 0 unspecified atom stereocenters. The third-order valence-electron chi connectivity index (χ3n) is 10.9. The summed E-state index contributed by atoms with van der Waals surface area (Å²) in [7, 11) is 0. The zero-order valence-electron chi connectivity index (χ0n) is 37.3. The molecule has 6 nitrogen and oxygen atoms in total. The molecule has 8 aromatic carbocycles. The van der Waals surface area contributed by atoms with Crippen molar-refractivity contribution in [1.82, 2.24) is 0 Å². The van der Waals surface area contributed by atoms with E-state index in [4.69, 9.17) is 18.6 Å². The van der Waals surface area contributed by atoms with Crippen molar-refractivity contribution in [2.45, 2.75) is 0 Å². The minimum absolute atomic E-state index is 0. The van der Waals surface area contributed by atoms with Crippen LogP contribution in [0.4, 0.5) is 0 Å². The summed E-state index contributed by atoms with van der Waals surface area (Å²) >= 11 is 0. The Balaban J connectivity index is 0.000000317. The third kappa shape index (κ3) is 13.6. The Bertz CT molecular complexity index is 2330. The molecule has 0 aromatic heterocycles. The molecular formula is C62H42O6Ru2+2. The van der Waals surface area contributed by atoms with E-state index in [9.17, 15) is 10.2 Å². The molecule has 2 N–H and O–H groups in total. The smallest absolute Gasteiger partial charge is 1.00 e. The molecule has 0 aliphatic heterocycles. The van der Waals surface area contributed by atoms with Crippen LogP contribution in [0.3, 0.4) is 0 Å². The van der Waals surface area contributed by atoms with Crippen LogP contribution in [-0.4, -0.2) is 10.2 Å². The van der Waals surface area contributed by atoms with Gasteiger partial charge < -0.3 is 10.2 Å². The number of aliphatic hydroxyl groups excluding tert-OH is 2. The number of aliphatic hydroxyl groups is 2. The van der Waals surface area contributed by atoms with E-state index < -0.39 is 0 Å². The number of hydrogen-bond donors (Lipinski definition) is 2. The molecule has 0 atom stereocenters. The van der Waals surface area contributed by atoms with Crippen LogP contribution in [0, 0.1) is 86.2 Å². The van der Waals surface area contributed by atoms with Crippen LogP contribution in [0.1, 0.15) is 44.5 Å². The van der Waals surface area contributed by atoms with Gasteiger partial charge in [0.15, 0.2) is 0 Å². The predicted molar refractivity (Wildman–Crippen MR) is 256 cm³/mol. The Labute approximate surface area is 438 Å². The second-order valence-electron chi connectivity index (χ2n) is 14.6. The fourth-order valence-corrected chi connectivity index (χ4v) is 8.34. The number of rotatable bonds is 8. The summed E-state index contributed by atoms with van der Waals surface area (Å²) in [5, 5.41) is 23.2. The molecule has 0 spiro atoms. The van der Waals surface area contributed by atoms with E-state index >= 15 is 0 Å². The second-order valence-corrected chi connectivity index (χ2v) is 14.6. The molecule has 2 aliphatic rings. The first kappa shape index (κ1) is 58.2. The van der Waals surface area contributed by atoms with Crippen LogP contribution in [0.5, 0.6) is 0 Å². The Morgan fingerprint density at radius 1 is 0.186 bits per heavy atom. The number of hydrogen-bond acceptors (Lipinski definition) is 2. The summed E-state index contributed by atoms with van der Waals surface area (Å²) < 4.78 is 30.0. The first-order valence-corrected chi connectivity index (χ1v) is 21.0. The Morgan fingerprint density at radius 3 is 0.400 bits per heavy atom. The summed E-state index contributed by atoms with van der Waals surface area (Å²) in [6, 6.07) is 82.0. The largest absolute Gasteiger partial charge is 1.00 e. The molecule has 0 heterocycles. The Morgan fingerprint density at radius 2 is 0.286 bits per heavy atom. The van der Waals surface area contributed by atoms with Crippen molar-refractivity contribution < 1.29 is 67.8 Å². The van der Waals surface area contributed by atoms with E-state index in [1.807, 2.05) is 146 Å². The van der Waals surface area contributed by atoms with Gasteiger partial charge in [-0.05, 0) is 44.5 Å². The average molecular weight is 1090 g/mol. The van der Waals surface area contributed by atoms with Gasteiger partial charge in [-0.1, -0.05) is 243 Å². The molecule has 8 aromatic rings. The first-order chi connectivity index (χ1) is 33.7.